The second kappa shape index (κ2) is 7.81. The summed E-state index contributed by atoms with van der Waals surface area (Å²) in [5.41, 5.74) is 5.51. The lowest BCUT2D eigenvalue weighted by atomic mass is 10.1. The molecule has 4 aliphatic heterocycles. The first-order chi connectivity index (χ1) is 13.8. The molecule has 6 atom stereocenters. The first-order valence-corrected chi connectivity index (χ1v) is 10.4. The van der Waals surface area contributed by atoms with Crippen molar-refractivity contribution in [2.45, 2.75) is 30.6 Å². The number of rotatable bonds is 5. The maximum atomic E-state index is 12.4. The smallest absolute Gasteiger partial charge is 0.387 e. The minimum atomic E-state index is -4.11. The number of carbonyl (C=O) groups is 1. The van der Waals surface area contributed by atoms with Gasteiger partial charge in [0.05, 0.1) is 26.2 Å². The number of nitrogens with two attached hydrogens (primary N) is 1. The maximum Gasteiger partial charge on any atom is 0.405 e. The molecule has 0 spiro atoms. The Labute approximate surface area is 164 Å². The van der Waals surface area contributed by atoms with E-state index < -0.39 is 50.8 Å². The van der Waals surface area contributed by atoms with E-state index in [4.69, 9.17) is 19.7 Å². The van der Waals surface area contributed by atoms with E-state index in [0.717, 1.165) is 0 Å². The van der Waals surface area contributed by atoms with Crippen LogP contribution in [0.5, 0.6) is 0 Å². The van der Waals surface area contributed by atoms with Crippen molar-refractivity contribution in [2.24, 2.45) is 20.7 Å². The summed E-state index contributed by atoms with van der Waals surface area (Å²) in [4.78, 5) is 34.8. The predicted molar refractivity (Wildman–Crippen MR) is 97.0 cm³/mol. The van der Waals surface area contributed by atoms with Crippen LogP contribution in [0.1, 0.15) is 0 Å². The summed E-state index contributed by atoms with van der Waals surface area (Å²) in [6, 6.07) is -0.996. The first-order valence-electron chi connectivity index (χ1n) is 8.88. The van der Waals surface area contributed by atoms with Gasteiger partial charge in [0.25, 0.3) is 5.91 Å². The first kappa shape index (κ1) is 20.5. The van der Waals surface area contributed by atoms with Crippen LogP contribution < -0.4 is 5.73 Å². The Kier molecular flexibility index (Phi) is 5.52. The zero-order chi connectivity index (χ0) is 20.8. The summed E-state index contributed by atoms with van der Waals surface area (Å²) < 4.78 is 29.6. The van der Waals surface area contributed by atoms with Crippen LogP contribution in [-0.4, -0.2) is 112 Å². The Hall–Kier alpha value is -1.77. The molecule has 2 saturated heterocycles. The van der Waals surface area contributed by atoms with Crippen LogP contribution in [0.4, 0.5) is 0 Å². The van der Waals surface area contributed by atoms with Crippen LogP contribution in [0.2, 0.25) is 0 Å². The molecule has 15 heteroatoms. The van der Waals surface area contributed by atoms with Gasteiger partial charge < -0.3 is 30.3 Å². The second-order valence-electron chi connectivity index (χ2n) is 6.75. The number of hydrogen-bond donors (Lipinski definition) is 4. The van der Waals surface area contributed by atoms with E-state index in [2.05, 4.69) is 15.0 Å². The monoisotopic (exact) mass is 432 g/mol. The Balaban J connectivity index is 1.42. The van der Waals surface area contributed by atoms with Crippen molar-refractivity contribution in [3.05, 3.63) is 0 Å². The van der Waals surface area contributed by atoms with Crippen LogP contribution in [-0.2, 0) is 23.4 Å². The molecule has 1 amide bonds. The van der Waals surface area contributed by atoms with Gasteiger partial charge in [0.2, 0.25) is 5.96 Å². The summed E-state index contributed by atoms with van der Waals surface area (Å²) in [6.45, 7) is 0.633. The van der Waals surface area contributed by atoms with Gasteiger partial charge in [0, 0.05) is 13.1 Å². The highest BCUT2D eigenvalue weighted by Gasteiger charge is 2.50. The van der Waals surface area contributed by atoms with Gasteiger partial charge in [-0.3, -0.25) is 19.2 Å². The number of amides is 1. The number of aliphatic imine (C=N–C) groups is 3. The van der Waals surface area contributed by atoms with E-state index in [-0.39, 0.29) is 24.9 Å². The van der Waals surface area contributed by atoms with Crippen molar-refractivity contribution < 1.29 is 38.5 Å². The third-order valence-corrected chi connectivity index (χ3v) is 6.50. The van der Waals surface area contributed by atoms with Gasteiger partial charge in [-0.05, 0) is 0 Å². The zero-order valence-corrected chi connectivity index (χ0v) is 16.0. The summed E-state index contributed by atoms with van der Waals surface area (Å²) in [5, 5.41) is 20.7. The highest BCUT2D eigenvalue weighted by atomic mass is 31.2. The fourth-order valence-corrected chi connectivity index (χ4v) is 4.54. The number of ether oxygens (including phenoxy) is 2. The highest BCUT2D eigenvalue weighted by Crippen LogP contribution is 2.47. The van der Waals surface area contributed by atoms with E-state index >= 15 is 0 Å². The molecule has 0 radical (unpaired) electrons. The maximum absolute atomic E-state index is 12.4. The number of guanidine groups is 1. The Bertz CT molecular complexity index is 814. The summed E-state index contributed by atoms with van der Waals surface area (Å²) in [7, 11) is -4.11. The number of amidine groups is 1. The van der Waals surface area contributed by atoms with Gasteiger partial charge in [0.1, 0.15) is 18.3 Å². The van der Waals surface area contributed by atoms with Crippen molar-refractivity contribution in [1.29, 1.82) is 0 Å². The van der Waals surface area contributed by atoms with E-state index in [1.807, 2.05) is 0 Å². The molecular formula is C14H21N6O8P. The molecule has 29 heavy (non-hydrogen) atoms. The van der Waals surface area contributed by atoms with Gasteiger partial charge in [-0.25, -0.2) is 9.24 Å². The number of carbonyl (C=O) groups excluding carboxylic acids is 1. The molecule has 5 N–H and O–H groups in total. The van der Waals surface area contributed by atoms with Crippen molar-refractivity contribution in [3.8, 4) is 0 Å². The molecule has 4 rings (SSSR count). The van der Waals surface area contributed by atoms with Gasteiger partial charge in [0.15, 0.2) is 18.1 Å². The molecule has 4 heterocycles. The molecule has 6 unspecified atom stereocenters. The average molecular weight is 432 g/mol. The minimum Gasteiger partial charge on any atom is -0.387 e. The van der Waals surface area contributed by atoms with Gasteiger partial charge >= 0.3 is 7.75 Å². The fraction of sp³-hybridized carbons (Fsp3) is 0.714. The van der Waals surface area contributed by atoms with Crippen molar-refractivity contribution >= 4 is 31.8 Å². The van der Waals surface area contributed by atoms with Crippen molar-refractivity contribution in [3.63, 3.8) is 0 Å². The number of aliphatic hydroxyl groups is 2. The quantitative estimate of drug-likeness (QED) is 0.321. The van der Waals surface area contributed by atoms with Crippen LogP contribution in [0, 0.1) is 0 Å². The molecule has 4 aliphatic rings. The standard InChI is InChI=1S/C14H21N6O8P/c15-14-17-11-8(12(23)18-14)16-6-20(11)13-10(22)9(21)7(28-13)5-27-29(24,25)19-1-3-26-4-2-19/h6-10,13,21-22H,1-5H2,(H,24,25)(H2,15,18,23). The fourth-order valence-electron chi connectivity index (χ4n) is 3.37. The lowest BCUT2D eigenvalue weighted by molar-refractivity contribution is -0.117. The molecule has 160 valence electrons. The van der Waals surface area contributed by atoms with Crippen LogP contribution >= 0.6 is 7.75 Å². The number of fused-ring (bicyclic) bond motifs is 1. The van der Waals surface area contributed by atoms with Crippen molar-refractivity contribution in [2.75, 3.05) is 32.9 Å². The van der Waals surface area contributed by atoms with Gasteiger partial charge in [-0.2, -0.15) is 9.98 Å². The normalized spacial score (nSPS) is 37.3. The summed E-state index contributed by atoms with van der Waals surface area (Å²) in [6.07, 6.45) is -3.85. The highest BCUT2D eigenvalue weighted by molar-refractivity contribution is 7.50. The topological polar surface area (TPSA) is 192 Å². The van der Waals surface area contributed by atoms with Crippen LogP contribution in [0.25, 0.3) is 0 Å². The van der Waals surface area contributed by atoms with E-state index in [0.29, 0.717) is 13.2 Å². The number of morpholine rings is 1. The Morgan fingerprint density at radius 1 is 1.28 bits per heavy atom. The minimum absolute atomic E-state index is 0.112. The molecule has 0 aromatic carbocycles. The Morgan fingerprint density at radius 2 is 2.00 bits per heavy atom. The number of hydrogen-bond acceptors (Lipinski definition) is 11. The molecule has 0 bridgehead atoms. The van der Waals surface area contributed by atoms with Gasteiger partial charge in [-0.1, -0.05) is 0 Å². The summed E-state index contributed by atoms with van der Waals surface area (Å²) in [5.74, 6) is -0.747. The molecule has 2 fully saturated rings. The second-order valence-corrected chi connectivity index (χ2v) is 8.56. The lowest BCUT2D eigenvalue weighted by Gasteiger charge is -2.30. The Morgan fingerprint density at radius 3 is 2.72 bits per heavy atom. The molecule has 0 aliphatic carbocycles. The van der Waals surface area contributed by atoms with E-state index in [9.17, 15) is 24.5 Å². The van der Waals surface area contributed by atoms with E-state index in [1.165, 1.54) is 15.9 Å². The molecule has 0 aromatic heterocycles. The summed E-state index contributed by atoms with van der Waals surface area (Å²) >= 11 is 0. The third-order valence-electron chi connectivity index (χ3n) is 4.90. The lowest BCUT2D eigenvalue weighted by Crippen LogP contribution is -2.49. The van der Waals surface area contributed by atoms with Crippen molar-refractivity contribution in [1.82, 2.24) is 9.57 Å². The molecule has 0 saturated carbocycles. The predicted octanol–water partition coefficient (Wildman–Crippen LogP) is -3.15. The largest absolute Gasteiger partial charge is 0.405 e. The number of nitrogens with zero attached hydrogens (tertiary/aromatic N) is 5. The molecule has 14 nitrogen and oxygen atoms in total. The zero-order valence-electron chi connectivity index (χ0n) is 15.1. The number of aliphatic hydroxyl groups excluding tert-OH is 2. The SMILES string of the molecule is NC1=NC(=O)C2N=CN(C3OC(COP(=O)(O)N4CCOCC4)C(O)C3O)C2=N1. The van der Waals surface area contributed by atoms with E-state index in [1.54, 1.807) is 0 Å². The average Bonchev–Trinajstić information content (AvgIpc) is 3.23. The van der Waals surface area contributed by atoms with Gasteiger partial charge in [-0.15, -0.1) is 0 Å². The van der Waals surface area contributed by atoms with Crippen LogP contribution in [0.15, 0.2) is 15.0 Å². The molecular weight excluding hydrogens is 411 g/mol. The molecule has 0 aromatic rings. The van der Waals surface area contributed by atoms with Crippen LogP contribution in [0.3, 0.4) is 0 Å². The third kappa shape index (κ3) is 3.85.